The molecular weight excluding hydrogens is 490 g/mol. The van der Waals surface area contributed by atoms with E-state index in [-0.39, 0.29) is 12.2 Å². The van der Waals surface area contributed by atoms with Crippen molar-refractivity contribution in [3.63, 3.8) is 0 Å². The Bertz CT molecular complexity index is 999. The number of amides is 4. The van der Waals surface area contributed by atoms with Crippen LogP contribution >= 0.6 is 0 Å². The van der Waals surface area contributed by atoms with Crippen LogP contribution in [0.2, 0.25) is 0 Å². The van der Waals surface area contributed by atoms with Crippen molar-refractivity contribution in [1.29, 1.82) is 0 Å². The fraction of sp³-hybridized carbons (Fsp3) is 0.478. The molecular formula is C23H33N5O9. The number of phenolic OH excluding ortho intramolecular Hbond substituents is 1. The van der Waals surface area contributed by atoms with Gasteiger partial charge in [0.05, 0.1) is 18.9 Å². The molecule has 1 rings (SSSR count). The van der Waals surface area contributed by atoms with E-state index in [2.05, 4.69) is 16.0 Å². The van der Waals surface area contributed by atoms with E-state index in [1.54, 1.807) is 13.8 Å². The van der Waals surface area contributed by atoms with E-state index < -0.39 is 78.5 Å². The minimum Gasteiger partial charge on any atom is -0.508 e. The number of phenols is 1. The second-order valence-corrected chi connectivity index (χ2v) is 8.58. The van der Waals surface area contributed by atoms with Gasteiger partial charge in [-0.25, -0.2) is 4.79 Å². The summed E-state index contributed by atoms with van der Waals surface area (Å²) in [6.07, 6.45) is -1.17. The normalized spacial score (nSPS) is 14.8. The second-order valence-electron chi connectivity index (χ2n) is 8.58. The number of rotatable bonds is 15. The first-order valence-corrected chi connectivity index (χ1v) is 11.4. The number of carboxylic acid groups (broad SMARTS) is 2. The topological polar surface area (TPSA) is 251 Å². The molecule has 0 heterocycles. The van der Waals surface area contributed by atoms with Crippen LogP contribution in [0.5, 0.6) is 5.75 Å². The van der Waals surface area contributed by atoms with Crippen molar-refractivity contribution in [1.82, 2.24) is 16.0 Å². The van der Waals surface area contributed by atoms with Crippen molar-refractivity contribution in [3.05, 3.63) is 29.8 Å². The molecule has 0 aliphatic carbocycles. The Hall–Kier alpha value is -4.20. The maximum Gasteiger partial charge on any atom is 0.326 e. The molecule has 1 aromatic carbocycles. The lowest BCUT2D eigenvalue weighted by molar-refractivity contribution is -0.145. The van der Waals surface area contributed by atoms with Gasteiger partial charge in [0.25, 0.3) is 0 Å². The van der Waals surface area contributed by atoms with E-state index in [1.807, 2.05) is 0 Å². The van der Waals surface area contributed by atoms with Crippen LogP contribution in [-0.4, -0.2) is 75.1 Å². The summed E-state index contributed by atoms with van der Waals surface area (Å²) in [5.41, 5.74) is 11.7. The number of aliphatic carboxylic acids is 2. The Kier molecular flexibility index (Phi) is 12.0. The second kappa shape index (κ2) is 14.4. The Balaban J connectivity index is 3.00. The maximum atomic E-state index is 12.8. The Morgan fingerprint density at radius 3 is 1.86 bits per heavy atom. The first kappa shape index (κ1) is 30.8. The quantitative estimate of drug-likeness (QED) is 0.128. The van der Waals surface area contributed by atoms with Crippen molar-refractivity contribution in [2.75, 3.05) is 0 Å². The zero-order chi connectivity index (χ0) is 28.3. The molecule has 5 unspecified atom stereocenters. The van der Waals surface area contributed by atoms with Gasteiger partial charge in [-0.1, -0.05) is 32.4 Å². The van der Waals surface area contributed by atoms with Crippen molar-refractivity contribution in [3.8, 4) is 5.75 Å². The Morgan fingerprint density at radius 2 is 1.38 bits per heavy atom. The van der Waals surface area contributed by atoms with Crippen molar-refractivity contribution in [2.45, 2.75) is 63.7 Å². The van der Waals surface area contributed by atoms with Gasteiger partial charge in [-0.2, -0.15) is 0 Å². The minimum atomic E-state index is -1.71. The molecule has 14 heteroatoms. The summed E-state index contributed by atoms with van der Waals surface area (Å²) in [6, 6.07) is 0.0468. The zero-order valence-electron chi connectivity index (χ0n) is 20.5. The standard InChI is InChI=1S/C23H33N5O9/c1-3-11(2)19(23(36)37)28-22(35)16(10-18(31)32)27-21(34)15(9-17(25)30)26-20(33)14(24)8-12-4-6-13(29)7-5-12/h4-7,11,14-16,19,29H,3,8-10,24H2,1-2H3,(H2,25,30)(H,26,33)(H,27,34)(H,28,35)(H,31,32)(H,36,37). The summed E-state index contributed by atoms with van der Waals surface area (Å²) >= 11 is 0. The van der Waals surface area contributed by atoms with Crippen LogP contribution in [0.3, 0.4) is 0 Å². The molecule has 0 saturated heterocycles. The molecule has 10 N–H and O–H groups in total. The van der Waals surface area contributed by atoms with Gasteiger partial charge in [0, 0.05) is 0 Å². The van der Waals surface area contributed by atoms with Gasteiger partial charge in [0.15, 0.2) is 0 Å². The highest BCUT2D eigenvalue weighted by molar-refractivity contribution is 5.97. The molecule has 0 saturated carbocycles. The van der Waals surface area contributed by atoms with Crippen molar-refractivity contribution >= 4 is 35.6 Å². The van der Waals surface area contributed by atoms with E-state index >= 15 is 0 Å². The number of hydrogen-bond acceptors (Lipinski definition) is 8. The fourth-order valence-electron chi connectivity index (χ4n) is 3.26. The summed E-state index contributed by atoms with van der Waals surface area (Å²) < 4.78 is 0. The predicted molar refractivity (Wildman–Crippen MR) is 129 cm³/mol. The van der Waals surface area contributed by atoms with E-state index in [0.717, 1.165) is 0 Å². The molecule has 1 aromatic rings. The Labute approximate surface area is 212 Å². The summed E-state index contributed by atoms with van der Waals surface area (Å²) in [4.78, 5) is 72.4. The van der Waals surface area contributed by atoms with Gasteiger partial charge in [-0.15, -0.1) is 0 Å². The maximum absolute atomic E-state index is 12.8. The highest BCUT2D eigenvalue weighted by Crippen LogP contribution is 2.11. The minimum absolute atomic E-state index is 0.0127. The number of primary amides is 1. The summed E-state index contributed by atoms with van der Waals surface area (Å²) in [5.74, 6) is -7.28. The molecule has 14 nitrogen and oxygen atoms in total. The average molecular weight is 524 g/mol. The zero-order valence-corrected chi connectivity index (χ0v) is 20.5. The smallest absolute Gasteiger partial charge is 0.326 e. The lowest BCUT2D eigenvalue weighted by Gasteiger charge is -2.25. The van der Waals surface area contributed by atoms with Crippen LogP contribution in [0, 0.1) is 5.92 Å². The summed E-state index contributed by atoms with van der Waals surface area (Å²) in [7, 11) is 0. The number of nitrogens with two attached hydrogens (primary N) is 2. The molecule has 0 bridgehead atoms. The summed E-state index contributed by atoms with van der Waals surface area (Å²) in [6.45, 7) is 3.27. The lowest BCUT2D eigenvalue weighted by atomic mass is 9.98. The first-order chi connectivity index (χ1) is 17.2. The molecule has 0 aliphatic rings. The monoisotopic (exact) mass is 523 g/mol. The molecule has 4 amide bonds. The molecule has 5 atom stereocenters. The highest BCUT2D eigenvalue weighted by Gasteiger charge is 2.33. The van der Waals surface area contributed by atoms with E-state index in [1.165, 1.54) is 24.3 Å². The van der Waals surface area contributed by atoms with Gasteiger partial charge >= 0.3 is 11.9 Å². The summed E-state index contributed by atoms with van der Waals surface area (Å²) in [5, 5.41) is 34.5. The third kappa shape index (κ3) is 10.5. The van der Waals surface area contributed by atoms with Crippen LogP contribution < -0.4 is 27.4 Å². The van der Waals surface area contributed by atoms with Gasteiger partial charge in [0.2, 0.25) is 23.6 Å². The largest absolute Gasteiger partial charge is 0.508 e. The van der Waals surface area contributed by atoms with Gasteiger partial charge in [-0.05, 0) is 30.0 Å². The van der Waals surface area contributed by atoms with Crippen LogP contribution in [0.15, 0.2) is 24.3 Å². The molecule has 0 radical (unpaired) electrons. The lowest BCUT2D eigenvalue weighted by Crippen LogP contribution is -2.58. The highest BCUT2D eigenvalue weighted by atomic mass is 16.4. The van der Waals surface area contributed by atoms with Crippen LogP contribution in [0.4, 0.5) is 0 Å². The SMILES string of the molecule is CCC(C)C(NC(=O)C(CC(=O)O)NC(=O)C(CC(N)=O)NC(=O)C(N)Cc1ccc(O)cc1)C(=O)O. The van der Waals surface area contributed by atoms with Gasteiger partial charge < -0.3 is 42.7 Å². The third-order valence-corrected chi connectivity index (χ3v) is 5.56. The number of hydrogen-bond donors (Lipinski definition) is 8. The van der Waals surface area contributed by atoms with E-state index in [0.29, 0.717) is 12.0 Å². The number of carbonyl (C=O) groups is 6. The molecule has 37 heavy (non-hydrogen) atoms. The first-order valence-electron chi connectivity index (χ1n) is 11.4. The van der Waals surface area contributed by atoms with E-state index in [4.69, 9.17) is 11.5 Å². The number of aromatic hydroxyl groups is 1. The molecule has 0 aliphatic heterocycles. The van der Waals surface area contributed by atoms with Gasteiger partial charge in [0.1, 0.15) is 23.9 Å². The fourth-order valence-corrected chi connectivity index (χ4v) is 3.26. The van der Waals surface area contributed by atoms with Crippen molar-refractivity contribution in [2.24, 2.45) is 17.4 Å². The van der Waals surface area contributed by atoms with Crippen LogP contribution in [0.25, 0.3) is 0 Å². The number of nitrogens with one attached hydrogen (secondary N) is 3. The van der Waals surface area contributed by atoms with E-state index in [9.17, 15) is 44.1 Å². The number of carboxylic acids is 2. The van der Waals surface area contributed by atoms with Crippen LogP contribution in [-0.2, 0) is 35.2 Å². The van der Waals surface area contributed by atoms with Crippen LogP contribution in [0.1, 0.15) is 38.7 Å². The van der Waals surface area contributed by atoms with Crippen molar-refractivity contribution < 1.29 is 44.1 Å². The molecule has 204 valence electrons. The third-order valence-electron chi connectivity index (χ3n) is 5.56. The number of benzene rings is 1. The Morgan fingerprint density at radius 1 is 0.865 bits per heavy atom. The predicted octanol–water partition coefficient (Wildman–Crippen LogP) is -1.80. The molecule has 0 fully saturated rings. The number of carbonyl (C=O) groups excluding carboxylic acids is 4. The molecule has 0 aromatic heterocycles. The van der Waals surface area contributed by atoms with Gasteiger partial charge in [-0.3, -0.25) is 24.0 Å². The molecule has 0 spiro atoms. The average Bonchev–Trinajstić information content (AvgIpc) is 2.81.